The van der Waals surface area contributed by atoms with E-state index in [4.69, 9.17) is 15.2 Å². The predicted octanol–water partition coefficient (Wildman–Crippen LogP) is 0.556. The number of fused-ring (bicyclic) bond motifs is 1. The van der Waals surface area contributed by atoms with Gasteiger partial charge in [0.05, 0.1) is 13.7 Å². The van der Waals surface area contributed by atoms with Crippen molar-refractivity contribution in [1.29, 1.82) is 0 Å². The first-order chi connectivity index (χ1) is 9.26. The van der Waals surface area contributed by atoms with Crippen LogP contribution in [-0.2, 0) is 4.74 Å². The highest BCUT2D eigenvalue weighted by Gasteiger charge is 2.14. The second kappa shape index (κ2) is 6.38. The molecule has 0 bridgehead atoms. The van der Waals surface area contributed by atoms with Gasteiger partial charge >= 0.3 is 5.97 Å². The van der Waals surface area contributed by atoms with E-state index in [1.54, 1.807) is 0 Å². The van der Waals surface area contributed by atoms with Crippen molar-refractivity contribution in [2.75, 3.05) is 20.3 Å². The highest BCUT2D eigenvalue weighted by molar-refractivity contribution is 5.92. The Balaban J connectivity index is 2.41. The van der Waals surface area contributed by atoms with Gasteiger partial charge in [-0.1, -0.05) is 12.2 Å². The van der Waals surface area contributed by atoms with Crippen molar-refractivity contribution in [1.82, 2.24) is 0 Å². The Morgan fingerprint density at radius 1 is 1.26 bits per heavy atom. The molecule has 2 rings (SSSR count). The van der Waals surface area contributed by atoms with Gasteiger partial charge in [0.15, 0.2) is 0 Å². The number of hydrogen-bond acceptors (Lipinski definition) is 4. The summed E-state index contributed by atoms with van der Waals surface area (Å²) in [4.78, 5) is 11.8. The third-order valence-corrected chi connectivity index (χ3v) is 3.09. The number of ether oxygens (including phenoxy) is 2. The van der Waals surface area contributed by atoms with E-state index in [0.29, 0.717) is 24.5 Å². The summed E-state index contributed by atoms with van der Waals surface area (Å²) >= 11 is 0. The van der Waals surface area contributed by atoms with E-state index in [0.717, 1.165) is 29.7 Å². The van der Waals surface area contributed by atoms with E-state index >= 15 is 0 Å². The lowest BCUT2D eigenvalue weighted by molar-refractivity contribution is 0.0596. The molecule has 4 nitrogen and oxygen atoms in total. The minimum Gasteiger partial charge on any atom is -0.493 e. The lowest BCUT2D eigenvalue weighted by Crippen LogP contribution is -2.28. The Morgan fingerprint density at radius 3 is 2.58 bits per heavy atom. The molecule has 1 aromatic rings. The standard InChI is InChI=1S/C15H19NO3/c1-18-15(17)13-9-11-5-2-3-6-12(11)10-14(13)19-8-4-7-16/h5-6,9-10H,2-4,7-8,16H2,1H3. The fourth-order valence-corrected chi connectivity index (χ4v) is 2.10. The Morgan fingerprint density at radius 2 is 1.95 bits per heavy atom. The van der Waals surface area contributed by atoms with Crippen LogP contribution >= 0.6 is 0 Å². The van der Waals surface area contributed by atoms with Gasteiger partial charge in [-0.2, -0.15) is 0 Å². The van der Waals surface area contributed by atoms with Gasteiger partial charge in [-0.15, -0.1) is 0 Å². The molecule has 0 unspecified atom stereocenters. The van der Waals surface area contributed by atoms with Crippen molar-refractivity contribution in [3.05, 3.63) is 28.1 Å². The zero-order valence-electron chi connectivity index (χ0n) is 11.1. The van der Waals surface area contributed by atoms with Gasteiger partial charge in [0.25, 0.3) is 0 Å². The Hall–Kier alpha value is -1.81. The fraction of sp³-hybridized carbons (Fsp3) is 0.400. The summed E-state index contributed by atoms with van der Waals surface area (Å²) in [5, 5.41) is 2.18. The zero-order chi connectivity index (χ0) is 13.7. The third-order valence-electron chi connectivity index (χ3n) is 3.09. The second-order valence-corrected chi connectivity index (χ2v) is 4.45. The van der Waals surface area contributed by atoms with Crippen LogP contribution in [-0.4, -0.2) is 26.2 Å². The van der Waals surface area contributed by atoms with E-state index in [2.05, 4.69) is 12.2 Å². The molecule has 19 heavy (non-hydrogen) atoms. The quantitative estimate of drug-likeness (QED) is 0.621. The van der Waals surface area contributed by atoms with Crippen LogP contribution in [0.15, 0.2) is 12.1 Å². The van der Waals surface area contributed by atoms with Crippen LogP contribution in [0.5, 0.6) is 5.75 Å². The summed E-state index contributed by atoms with van der Waals surface area (Å²) in [7, 11) is 1.38. The average molecular weight is 261 g/mol. The van der Waals surface area contributed by atoms with Crippen LogP contribution in [0.25, 0.3) is 12.2 Å². The first-order valence-electron chi connectivity index (χ1n) is 6.52. The van der Waals surface area contributed by atoms with E-state index in [1.165, 1.54) is 7.11 Å². The SMILES string of the molecule is COC(=O)c1cc2c(cc1OCCCN)=CCCC=2. The summed E-state index contributed by atoms with van der Waals surface area (Å²) in [5.41, 5.74) is 5.92. The lowest BCUT2D eigenvalue weighted by atomic mass is 10.0. The van der Waals surface area contributed by atoms with Crippen molar-refractivity contribution in [2.24, 2.45) is 5.73 Å². The lowest BCUT2D eigenvalue weighted by Gasteiger charge is -2.11. The van der Waals surface area contributed by atoms with E-state index in [1.807, 2.05) is 12.1 Å². The first kappa shape index (κ1) is 13.6. The molecule has 0 saturated heterocycles. The number of esters is 1. The molecule has 0 radical (unpaired) electrons. The number of carbonyl (C=O) groups excluding carboxylic acids is 1. The van der Waals surface area contributed by atoms with Gasteiger partial charge in [-0.05, 0) is 48.4 Å². The maximum Gasteiger partial charge on any atom is 0.341 e. The highest BCUT2D eigenvalue weighted by Crippen LogP contribution is 2.16. The Kier molecular flexibility index (Phi) is 4.58. The first-order valence-corrected chi connectivity index (χ1v) is 6.52. The smallest absolute Gasteiger partial charge is 0.341 e. The van der Waals surface area contributed by atoms with Crippen LogP contribution < -0.4 is 20.9 Å². The number of nitrogens with two attached hydrogens (primary N) is 1. The van der Waals surface area contributed by atoms with Gasteiger partial charge in [-0.25, -0.2) is 4.79 Å². The molecule has 0 heterocycles. The molecule has 102 valence electrons. The number of methoxy groups -OCH3 is 1. The average Bonchev–Trinajstić information content (AvgIpc) is 2.46. The minimum atomic E-state index is -0.371. The molecule has 1 aliphatic carbocycles. The summed E-state index contributed by atoms with van der Waals surface area (Å²) in [6.45, 7) is 1.07. The van der Waals surface area contributed by atoms with Crippen molar-refractivity contribution in [3.63, 3.8) is 0 Å². The predicted molar refractivity (Wildman–Crippen MR) is 74.4 cm³/mol. The number of rotatable bonds is 5. The number of hydrogen-bond donors (Lipinski definition) is 1. The van der Waals surface area contributed by atoms with Crippen LogP contribution in [0.4, 0.5) is 0 Å². The molecule has 0 amide bonds. The van der Waals surface area contributed by atoms with Gasteiger partial charge < -0.3 is 15.2 Å². The molecule has 0 saturated carbocycles. The second-order valence-electron chi connectivity index (χ2n) is 4.45. The number of carbonyl (C=O) groups is 1. The summed E-state index contributed by atoms with van der Waals surface area (Å²) in [6, 6.07) is 3.75. The zero-order valence-corrected chi connectivity index (χ0v) is 11.1. The van der Waals surface area contributed by atoms with Crippen LogP contribution in [0.3, 0.4) is 0 Å². The van der Waals surface area contributed by atoms with E-state index in [9.17, 15) is 4.79 Å². The van der Waals surface area contributed by atoms with Gasteiger partial charge in [0.1, 0.15) is 11.3 Å². The summed E-state index contributed by atoms with van der Waals surface area (Å²) in [5.74, 6) is 0.204. The Bertz CT molecular complexity index is 578. The molecule has 0 aromatic heterocycles. The maximum atomic E-state index is 11.8. The topological polar surface area (TPSA) is 61.5 Å². The van der Waals surface area contributed by atoms with E-state index < -0.39 is 0 Å². The van der Waals surface area contributed by atoms with E-state index in [-0.39, 0.29) is 5.97 Å². The molecule has 1 aliphatic rings. The maximum absolute atomic E-state index is 11.8. The molecule has 0 atom stereocenters. The minimum absolute atomic E-state index is 0.371. The normalized spacial score (nSPS) is 12.9. The summed E-state index contributed by atoms with van der Waals surface area (Å²) < 4.78 is 10.5. The molecule has 1 aromatic carbocycles. The van der Waals surface area contributed by atoms with Crippen molar-refractivity contribution in [3.8, 4) is 5.75 Å². The molecule has 0 fully saturated rings. The van der Waals surface area contributed by atoms with Crippen molar-refractivity contribution in [2.45, 2.75) is 19.3 Å². The van der Waals surface area contributed by atoms with Crippen molar-refractivity contribution >= 4 is 18.1 Å². The van der Waals surface area contributed by atoms with Crippen molar-refractivity contribution < 1.29 is 14.3 Å². The molecule has 4 heteroatoms. The van der Waals surface area contributed by atoms with Crippen LogP contribution in [0, 0.1) is 0 Å². The molecular weight excluding hydrogens is 242 g/mol. The van der Waals surface area contributed by atoms with Crippen LogP contribution in [0.2, 0.25) is 0 Å². The van der Waals surface area contributed by atoms with Gasteiger partial charge in [0.2, 0.25) is 0 Å². The number of benzene rings is 1. The van der Waals surface area contributed by atoms with Crippen LogP contribution in [0.1, 0.15) is 29.6 Å². The molecule has 0 aliphatic heterocycles. The fourth-order valence-electron chi connectivity index (χ4n) is 2.10. The third kappa shape index (κ3) is 3.15. The molecule has 2 N–H and O–H groups in total. The van der Waals surface area contributed by atoms with Gasteiger partial charge in [0, 0.05) is 0 Å². The molecule has 0 spiro atoms. The largest absolute Gasteiger partial charge is 0.493 e. The monoisotopic (exact) mass is 261 g/mol. The summed E-state index contributed by atoms with van der Waals surface area (Å²) in [6.07, 6.45) is 7.07. The highest BCUT2D eigenvalue weighted by atomic mass is 16.5. The van der Waals surface area contributed by atoms with Gasteiger partial charge in [-0.3, -0.25) is 0 Å². The Labute approximate surface area is 112 Å². The molecular formula is C15H19NO3.